The molecule has 2 fully saturated rings. The first-order valence-corrected chi connectivity index (χ1v) is 8.00. The zero-order valence-corrected chi connectivity index (χ0v) is 13.1. The van der Waals surface area contributed by atoms with Crippen LogP contribution in [0.15, 0.2) is 4.99 Å². The van der Waals surface area contributed by atoms with Gasteiger partial charge in [-0.25, -0.2) is 13.2 Å². The predicted octanol–water partition coefficient (Wildman–Crippen LogP) is 3.15. The number of carbonyl (C=O) groups excluding carboxylic acids is 1. The molecule has 0 saturated heterocycles. The van der Waals surface area contributed by atoms with Crippen molar-refractivity contribution in [3.05, 3.63) is 0 Å². The summed E-state index contributed by atoms with van der Waals surface area (Å²) in [6, 6.07) is -0.0845. The highest BCUT2D eigenvalue weighted by atomic mass is 32.2. The summed E-state index contributed by atoms with van der Waals surface area (Å²) >= 11 is 1.07. The third-order valence-electron chi connectivity index (χ3n) is 5.18. The summed E-state index contributed by atoms with van der Waals surface area (Å²) in [5, 5.41) is 3.47. The average molecular weight is 320 g/mol. The van der Waals surface area contributed by atoms with Crippen molar-refractivity contribution in [3.8, 4) is 0 Å². The molecule has 21 heavy (non-hydrogen) atoms. The van der Waals surface area contributed by atoms with Crippen molar-refractivity contribution < 1.29 is 18.0 Å². The van der Waals surface area contributed by atoms with Gasteiger partial charge in [0.2, 0.25) is 0 Å². The van der Waals surface area contributed by atoms with Crippen LogP contribution in [0.3, 0.4) is 0 Å². The van der Waals surface area contributed by atoms with Crippen LogP contribution in [0, 0.1) is 11.8 Å². The van der Waals surface area contributed by atoms with E-state index >= 15 is 0 Å². The Morgan fingerprint density at radius 2 is 2.05 bits per heavy atom. The number of carbonyl (C=O) groups is 1. The lowest BCUT2D eigenvalue weighted by Gasteiger charge is -2.32. The van der Waals surface area contributed by atoms with E-state index in [1.165, 1.54) is 20.8 Å². The molecule has 1 heterocycles. The van der Waals surface area contributed by atoms with Crippen LogP contribution < -0.4 is 5.32 Å². The summed E-state index contributed by atoms with van der Waals surface area (Å²) in [5.41, 5.74) is -1.70. The van der Waals surface area contributed by atoms with E-state index in [2.05, 4.69) is 10.3 Å². The van der Waals surface area contributed by atoms with Crippen molar-refractivity contribution in [3.63, 3.8) is 0 Å². The van der Waals surface area contributed by atoms with Gasteiger partial charge < -0.3 is 5.32 Å². The zero-order valence-electron chi connectivity index (χ0n) is 12.3. The van der Waals surface area contributed by atoms with E-state index in [0.29, 0.717) is 18.0 Å². The SMILES string of the molecule is CC(C)(F)[C@]1(C)SC(N[C@H]2C[C@H]3C[C@@H]2CC3(F)F)=NC1=O. The van der Waals surface area contributed by atoms with E-state index in [1.807, 2.05) is 0 Å². The van der Waals surface area contributed by atoms with Gasteiger partial charge in [-0.3, -0.25) is 4.79 Å². The van der Waals surface area contributed by atoms with E-state index in [9.17, 15) is 18.0 Å². The molecule has 0 aromatic heterocycles. The molecule has 2 aliphatic carbocycles. The molecule has 2 bridgehead atoms. The van der Waals surface area contributed by atoms with Crippen LogP contribution in [-0.4, -0.2) is 33.5 Å². The quantitative estimate of drug-likeness (QED) is 0.850. The summed E-state index contributed by atoms with van der Waals surface area (Å²) in [5.74, 6) is -3.73. The molecule has 1 amide bonds. The minimum Gasteiger partial charge on any atom is -0.361 e. The molecular weight excluding hydrogens is 301 g/mol. The fourth-order valence-electron chi connectivity index (χ4n) is 3.44. The van der Waals surface area contributed by atoms with Crippen molar-refractivity contribution in [1.29, 1.82) is 0 Å². The number of halogens is 3. The normalized spacial score (nSPS) is 41.5. The molecule has 4 atom stereocenters. The van der Waals surface area contributed by atoms with Gasteiger partial charge in [0.1, 0.15) is 10.4 Å². The first-order chi connectivity index (χ1) is 9.53. The van der Waals surface area contributed by atoms with Gasteiger partial charge in [0.15, 0.2) is 5.17 Å². The Labute approximate surface area is 126 Å². The number of amidine groups is 1. The zero-order chi connectivity index (χ0) is 15.6. The molecule has 0 aromatic rings. The standard InChI is InChI=1S/C14H19F3N2OS/c1-12(2,15)13(3)10(20)19-11(21-13)18-9-5-8-4-7(9)6-14(8,16)17/h7-9H,4-6H2,1-3H3,(H,18,19,20)/t7-,8-,9+,13-/m1/s1. The second kappa shape index (κ2) is 4.40. The highest BCUT2D eigenvalue weighted by Crippen LogP contribution is 2.54. The molecule has 0 unspecified atom stereocenters. The van der Waals surface area contributed by atoms with Crippen molar-refractivity contribution >= 4 is 22.8 Å². The third kappa shape index (κ3) is 2.28. The third-order valence-corrected chi connectivity index (χ3v) is 6.65. The molecule has 3 nitrogen and oxygen atoms in total. The molecule has 118 valence electrons. The lowest BCUT2D eigenvalue weighted by atomic mass is 9.92. The van der Waals surface area contributed by atoms with Gasteiger partial charge in [-0.05, 0) is 39.5 Å². The lowest BCUT2D eigenvalue weighted by molar-refractivity contribution is -0.122. The van der Waals surface area contributed by atoms with Gasteiger partial charge in [-0.2, -0.15) is 4.99 Å². The van der Waals surface area contributed by atoms with Gasteiger partial charge in [-0.1, -0.05) is 11.8 Å². The topological polar surface area (TPSA) is 41.5 Å². The number of hydrogen-bond acceptors (Lipinski definition) is 3. The fourth-order valence-corrected chi connectivity index (χ4v) is 4.54. The molecule has 0 spiro atoms. The van der Waals surface area contributed by atoms with Crippen LogP contribution in [0.25, 0.3) is 0 Å². The van der Waals surface area contributed by atoms with Crippen LogP contribution >= 0.6 is 11.8 Å². The highest BCUT2D eigenvalue weighted by Gasteiger charge is 2.58. The Bertz CT molecular complexity index is 517. The Kier molecular flexibility index (Phi) is 3.18. The largest absolute Gasteiger partial charge is 0.361 e. The van der Waals surface area contributed by atoms with Crippen molar-refractivity contribution in [2.45, 2.75) is 62.4 Å². The summed E-state index contributed by atoms with van der Waals surface area (Å²) in [6.07, 6.45) is 0.802. The Morgan fingerprint density at radius 1 is 1.38 bits per heavy atom. The maximum absolute atomic E-state index is 14.2. The average Bonchev–Trinajstić information content (AvgIpc) is 2.90. The number of nitrogens with one attached hydrogen (secondary N) is 1. The molecule has 0 radical (unpaired) electrons. The van der Waals surface area contributed by atoms with Gasteiger partial charge in [0.05, 0.1) is 0 Å². The maximum Gasteiger partial charge on any atom is 0.267 e. The second-order valence-corrected chi connectivity index (χ2v) is 8.38. The fraction of sp³-hybridized carbons (Fsp3) is 0.857. The number of alkyl halides is 3. The van der Waals surface area contributed by atoms with E-state index in [1.54, 1.807) is 0 Å². The number of fused-ring (bicyclic) bond motifs is 2. The lowest BCUT2D eigenvalue weighted by Crippen LogP contribution is -2.46. The minimum absolute atomic E-state index is 0.0845. The Hall–Kier alpha value is -0.720. The van der Waals surface area contributed by atoms with Crippen molar-refractivity contribution in [2.24, 2.45) is 16.8 Å². The monoisotopic (exact) mass is 320 g/mol. The molecular formula is C14H19F3N2OS. The first kappa shape index (κ1) is 15.2. The second-order valence-electron chi connectivity index (χ2n) is 6.97. The van der Waals surface area contributed by atoms with Gasteiger partial charge in [-0.15, -0.1) is 0 Å². The maximum atomic E-state index is 14.2. The van der Waals surface area contributed by atoms with Crippen molar-refractivity contribution in [1.82, 2.24) is 5.32 Å². The van der Waals surface area contributed by atoms with E-state index < -0.39 is 28.2 Å². The van der Waals surface area contributed by atoms with Crippen molar-refractivity contribution in [2.75, 3.05) is 0 Å². The molecule has 1 N–H and O–H groups in total. The van der Waals surface area contributed by atoms with Gasteiger partial charge in [0.25, 0.3) is 11.8 Å². The van der Waals surface area contributed by atoms with Gasteiger partial charge in [0, 0.05) is 18.4 Å². The van der Waals surface area contributed by atoms with Crippen LogP contribution in [0.2, 0.25) is 0 Å². The molecule has 0 aromatic carbocycles. The van der Waals surface area contributed by atoms with Gasteiger partial charge >= 0.3 is 0 Å². The summed E-state index contributed by atoms with van der Waals surface area (Å²) in [6.45, 7) is 4.25. The van der Waals surface area contributed by atoms with E-state index in [4.69, 9.17) is 0 Å². The van der Waals surface area contributed by atoms with Crippen LogP contribution in [-0.2, 0) is 4.79 Å². The minimum atomic E-state index is -2.56. The number of amides is 1. The Balaban J connectivity index is 1.67. The molecule has 1 aliphatic heterocycles. The number of hydrogen-bond donors (Lipinski definition) is 1. The molecule has 3 aliphatic rings. The van der Waals surface area contributed by atoms with E-state index in [0.717, 1.165) is 11.8 Å². The summed E-state index contributed by atoms with van der Waals surface area (Å²) in [4.78, 5) is 15.9. The molecule has 3 rings (SSSR count). The Morgan fingerprint density at radius 3 is 2.48 bits per heavy atom. The van der Waals surface area contributed by atoms with Crippen LogP contribution in [0.1, 0.15) is 40.0 Å². The van der Waals surface area contributed by atoms with Crippen LogP contribution in [0.5, 0.6) is 0 Å². The number of thioether (sulfide) groups is 1. The first-order valence-electron chi connectivity index (χ1n) is 7.18. The number of nitrogens with zero attached hydrogens (tertiary/aromatic N) is 1. The summed E-state index contributed by atoms with van der Waals surface area (Å²) in [7, 11) is 0. The molecule has 7 heteroatoms. The van der Waals surface area contributed by atoms with E-state index in [-0.39, 0.29) is 18.4 Å². The summed E-state index contributed by atoms with van der Waals surface area (Å²) < 4.78 is 40.0. The molecule has 2 saturated carbocycles. The number of aliphatic imine (C=N–C) groups is 1. The highest BCUT2D eigenvalue weighted by molar-refractivity contribution is 8.16. The smallest absolute Gasteiger partial charge is 0.267 e. The number of rotatable bonds is 2. The predicted molar refractivity (Wildman–Crippen MR) is 76.3 cm³/mol. The van der Waals surface area contributed by atoms with Crippen LogP contribution in [0.4, 0.5) is 13.2 Å².